The van der Waals surface area contributed by atoms with Gasteiger partial charge in [0.1, 0.15) is 5.52 Å². The first-order chi connectivity index (χ1) is 24.8. The fourth-order valence-electron chi connectivity index (χ4n) is 6.69. The highest BCUT2D eigenvalue weighted by Crippen LogP contribution is 2.29. The summed E-state index contributed by atoms with van der Waals surface area (Å²) in [5.41, 5.74) is 10.8. The molecule has 0 aliphatic carbocycles. The number of carbonyl (C=O) groups is 3. The Morgan fingerprint density at radius 1 is 0.922 bits per heavy atom. The molecule has 264 valence electrons. The van der Waals surface area contributed by atoms with Crippen LogP contribution in [0.15, 0.2) is 108 Å². The number of rotatable bonds is 16. The van der Waals surface area contributed by atoms with E-state index in [0.29, 0.717) is 55.0 Å². The van der Waals surface area contributed by atoms with Gasteiger partial charge in [-0.05, 0) is 72.8 Å². The van der Waals surface area contributed by atoms with Gasteiger partial charge in [-0.25, -0.2) is 4.98 Å². The van der Waals surface area contributed by atoms with Crippen LogP contribution in [0.1, 0.15) is 52.2 Å². The molecular formula is C41H43ClN4O5. The molecule has 6 rings (SSSR count). The van der Waals surface area contributed by atoms with Crippen molar-refractivity contribution in [3.8, 4) is 0 Å². The van der Waals surface area contributed by atoms with Gasteiger partial charge < -0.3 is 25.1 Å². The first kappa shape index (κ1) is 36.1. The second-order valence-corrected chi connectivity index (χ2v) is 13.5. The Morgan fingerprint density at radius 3 is 2.31 bits per heavy atom. The highest BCUT2D eigenvalue weighted by atomic mass is 35.5. The Morgan fingerprint density at radius 2 is 1.61 bits per heavy atom. The number of aryl methyl sites for hydroxylation is 1. The van der Waals surface area contributed by atoms with Gasteiger partial charge in [0, 0.05) is 36.9 Å². The van der Waals surface area contributed by atoms with E-state index in [0.717, 1.165) is 22.3 Å². The average Bonchev–Trinajstić information content (AvgIpc) is 3.80. The van der Waals surface area contributed by atoms with Crippen molar-refractivity contribution in [2.24, 2.45) is 11.7 Å². The van der Waals surface area contributed by atoms with Crippen LogP contribution in [0.2, 0.25) is 5.02 Å². The van der Waals surface area contributed by atoms with Crippen molar-refractivity contribution >= 4 is 40.2 Å². The minimum atomic E-state index is -0.765. The summed E-state index contributed by atoms with van der Waals surface area (Å²) < 4.78 is 12.2. The summed E-state index contributed by atoms with van der Waals surface area (Å²) in [7, 11) is 1.76. The van der Waals surface area contributed by atoms with Gasteiger partial charge in [0.05, 0.1) is 24.8 Å². The molecule has 9 nitrogen and oxygen atoms in total. The van der Waals surface area contributed by atoms with Crippen LogP contribution >= 0.6 is 11.6 Å². The fraction of sp³-hybridized carbons (Fsp3) is 0.317. The zero-order valence-corrected chi connectivity index (χ0v) is 29.4. The number of likely N-dealkylation sites (tertiary alicyclic amines) is 1. The van der Waals surface area contributed by atoms with E-state index in [2.05, 4.69) is 10.3 Å². The molecule has 4 aromatic carbocycles. The number of nitrogens with two attached hydrogens (primary N) is 1. The molecule has 0 unspecified atom stereocenters. The number of likely N-dealkylation sites (N-methyl/N-ethyl adjacent to an activating group) is 1. The normalized spacial score (nSPS) is 17.0. The zero-order chi connectivity index (χ0) is 35.7. The molecule has 1 aliphatic rings. The number of hydrogen-bond donors (Lipinski definition) is 2. The van der Waals surface area contributed by atoms with Gasteiger partial charge in [0.15, 0.2) is 11.4 Å². The molecule has 3 N–H and O–H groups in total. The Labute approximate surface area is 303 Å². The lowest BCUT2D eigenvalue weighted by Crippen LogP contribution is -2.50. The highest BCUT2D eigenvalue weighted by Gasteiger charge is 2.43. The van der Waals surface area contributed by atoms with Crippen LogP contribution in [0.3, 0.4) is 0 Å². The van der Waals surface area contributed by atoms with Gasteiger partial charge >= 0.3 is 0 Å². The molecule has 2 heterocycles. The predicted molar refractivity (Wildman–Crippen MR) is 197 cm³/mol. The Kier molecular flexibility index (Phi) is 12.1. The van der Waals surface area contributed by atoms with Gasteiger partial charge in [-0.15, -0.1) is 0 Å². The number of oxazole rings is 1. The number of ether oxygens (including phenoxy) is 1. The van der Waals surface area contributed by atoms with Crippen LogP contribution in [0, 0.1) is 5.92 Å². The Balaban J connectivity index is 1.24. The third-order valence-electron chi connectivity index (χ3n) is 9.59. The van der Waals surface area contributed by atoms with Gasteiger partial charge in [-0.1, -0.05) is 90.5 Å². The van der Waals surface area contributed by atoms with Crippen molar-refractivity contribution in [1.82, 2.24) is 15.2 Å². The van der Waals surface area contributed by atoms with Crippen molar-refractivity contribution in [2.45, 2.75) is 63.4 Å². The molecule has 0 saturated carbocycles. The Hall–Kier alpha value is -4.67. The number of amides is 1. The molecule has 51 heavy (non-hydrogen) atoms. The summed E-state index contributed by atoms with van der Waals surface area (Å²) in [6.45, 7) is 0.971. The summed E-state index contributed by atoms with van der Waals surface area (Å²) in [4.78, 5) is 48.8. The number of fused-ring (bicyclic) bond motifs is 1. The largest absolute Gasteiger partial charge is 0.434 e. The van der Waals surface area contributed by atoms with Crippen molar-refractivity contribution < 1.29 is 23.5 Å². The maximum absolute atomic E-state index is 14.4. The predicted octanol–water partition coefficient (Wildman–Crippen LogP) is 6.35. The second-order valence-electron chi connectivity index (χ2n) is 13.1. The number of para-hydroxylation sites is 2. The zero-order valence-electron chi connectivity index (χ0n) is 28.7. The molecule has 1 aromatic heterocycles. The molecule has 1 saturated heterocycles. The van der Waals surface area contributed by atoms with Crippen LogP contribution in [-0.4, -0.2) is 59.1 Å². The number of carbonyl (C=O) groups excluding carboxylic acids is 3. The highest BCUT2D eigenvalue weighted by molar-refractivity contribution is 6.30. The van der Waals surface area contributed by atoms with E-state index in [1.165, 1.54) is 0 Å². The van der Waals surface area contributed by atoms with Crippen LogP contribution in [0.5, 0.6) is 0 Å². The van der Waals surface area contributed by atoms with Gasteiger partial charge in [-0.2, -0.15) is 0 Å². The van der Waals surface area contributed by atoms with Crippen LogP contribution in [0.4, 0.5) is 0 Å². The van der Waals surface area contributed by atoms with E-state index in [4.69, 9.17) is 26.5 Å². The van der Waals surface area contributed by atoms with Crippen molar-refractivity contribution in [2.75, 3.05) is 13.6 Å². The molecule has 0 radical (unpaired) electrons. The number of hydrogen-bond acceptors (Lipinski definition) is 8. The topological polar surface area (TPSA) is 128 Å². The lowest BCUT2D eigenvalue weighted by molar-refractivity contribution is -0.139. The van der Waals surface area contributed by atoms with E-state index < -0.39 is 18.0 Å². The van der Waals surface area contributed by atoms with Gasteiger partial charge in [0.25, 0.3) is 5.89 Å². The molecule has 1 fully saturated rings. The molecule has 5 aromatic rings. The SMILES string of the molecule is CN[C@H](CCc1ccccc1)C(=O)N1C[C@H](OCc2ccc(Cl)cc2)C[C@H]1C(=O)C[C@@H](Cc1ccc(CN)cc1)C(=O)c1nc2ccccc2o1. The number of ketones is 2. The van der Waals surface area contributed by atoms with Crippen LogP contribution in [-0.2, 0) is 40.3 Å². The van der Waals surface area contributed by atoms with E-state index in [9.17, 15) is 14.4 Å². The maximum Gasteiger partial charge on any atom is 0.264 e. The summed E-state index contributed by atoms with van der Waals surface area (Å²) in [6, 6.07) is 31.0. The maximum atomic E-state index is 14.4. The van der Waals surface area contributed by atoms with Crippen LogP contribution < -0.4 is 11.1 Å². The van der Waals surface area contributed by atoms with E-state index in [1.807, 2.05) is 78.9 Å². The van der Waals surface area contributed by atoms with Gasteiger partial charge in [0.2, 0.25) is 11.7 Å². The summed E-state index contributed by atoms with van der Waals surface area (Å²) >= 11 is 6.08. The smallest absolute Gasteiger partial charge is 0.264 e. The van der Waals surface area contributed by atoms with Crippen molar-refractivity contribution in [3.63, 3.8) is 0 Å². The molecule has 1 aliphatic heterocycles. The summed E-state index contributed by atoms with van der Waals surface area (Å²) in [5.74, 6) is -1.52. The van der Waals surface area contributed by atoms with Gasteiger partial charge in [-0.3, -0.25) is 14.4 Å². The number of benzene rings is 4. The molecule has 10 heteroatoms. The second kappa shape index (κ2) is 17.0. The summed E-state index contributed by atoms with van der Waals surface area (Å²) in [6.07, 6.45) is 1.41. The number of halogens is 1. The molecule has 0 spiro atoms. The Bertz CT molecular complexity index is 1900. The van der Waals surface area contributed by atoms with E-state index in [1.54, 1.807) is 36.2 Å². The molecule has 0 bridgehead atoms. The first-order valence-corrected chi connectivity index (χ1v) is 17.8. The minimum absolute atomic E-state index is 0.0349. The third-order valence-corrected chi connectivity index (χ3v) is 9.84. The quantitative estimate of drug-likeness (QED) is 0.114. The minimum Gasteiger partial charge on any atom is -0.434 e. The number of Topliss-reactive ketones (excluding diaryl/α,β-unsaturated/α-hetero) is 2. The monoisotopic (exact) mass is 706 g/mol. The summed E-state index contributed by atoms with van der Waals surface area (Å²) in [5, 5.41) is 3.81. The molecular weight excluding hydrogens is 664 g/mol. The van der Waals surface area contributed by atoms with Crippen molar-refractivity contribution in [3.05, 3.63) is 136 Å². The average molecular weight is 707 g/mol. The molecule has 4 atom stereocenters. The van der Waals surface area contributed by atoms with E-state index >= 15 is 0 Å². The number of aromatic nitrogens is 1. The lowest BCUT2D eigenvalue weighted by Gasteiger charge is -2.28. The lowest BCUT2D eigenvalue weighted by atomic mass is 9.87. The number of nitrogens with zero attached hydrogens (tertiary/aromatic N) is 2. The number of nitrogens with one attached hydrogen (secondary N) is 1. The van der Waals surface area contributed by atoms with Crippen LogP contribution in [0.25, 0.3) is 11.1 Å². The third kappa shape index (κ3) is 9.17. The standard InChI is InChI=1S/C41H43ClN4O5/c1-44-35(20-17-27-7-3-2-4-8-27)41(49)46-25-33(50-26-30-15-18-32(42)19-16-30)23-36(46)37(47)22-31(21-28-11-13-29(24-43)14-12-28)39(48)40-45-34-9-5-6-10-38(34)51-40/h2-16,18-19,31,33,35-36,44H,17,20-26,43H2,1H3/t31-,33-,35-,36+/m1/s1. The first-order valence-electron chi connectivity index (χ1n) is 17.4. The molecule has 1 amide bonds. The van der Waals surface area contributed by atoms with E-state index in [-0.39, 0.29) is 42.4 Å². The fourth-order valence-corrected chi connectivity index (χ4v) is 6.82. The van der Waals surface area contributed by atoms with Crippen molar-refractivity contribution in [1.29, 1.82) is 0 Å².